The van der Waals surface area contributed by atoms with Crippen molar-refractivity contribution in [2.75, 3.05) is 40.5 Å². The third-order valence-electron chi connectivity index (χ3n) is 13.2. The number of likely N-dealkylation sites (N-methyl/N-ethyl adjacent to an activating group) is 1. The molecule has 4 amide bonds. The predicted molar refractivity (Wildman–Crippen MR) is 303 cm³/mol. The van der Waals surface area contributed by atoms with Crippen molar-refractivity contribution in [2.45, 2.75) is 151 Å². The first-order chi connectivity index (χ1) is 37.8. The summed E-state index contributed by atoms with van der Waals surface area (Å²) in [6.07, 6.45) is -2.22. The highest BCUT2D eigenvalue weighted by Gasteiger charge is 2.38. The number of aryl methyl sites for hydroxylation is 2. The molecule has 2 heterocycles. The quantitative estimate of drug-likeness (QED) is 0.0209. The lowest BCUT2D eigenvalue weighted by Gasteiger charge is -2.32. The smallest absolute Gasteiger partial charge is 0.407 e. The summed E-state index contributed by atoms with van der Waals surface area (Å²) in [7, 11) is 2.51. The standard InChI is InChI=1S/C60H79N7O14/c1-16-26-78-48-22-19-39-32-42(48)43-29-37(31-45(67(75)76)51(43)79-27-25-62-57(74)81-60(11,12)13)30-44(55(72)77-15)65-53(70)34(2)28-47(69)50(39)66(14)54(71)40(23-24-61-56(73)80-59(8,9)10)33-46(68)49-35(3)63-52(64-36(49)4)38-17-20-41(21-18-38)58(5,6)7/h17-22,29,31-32,34,40,44,50H,16,23-28,30,33H2,1-15H3,(H,61,73)(H,62,74)(H,65,70)/t34-,40-,44+,50+/m1/s1. The second-order valence-corrected chi connectivity index (χ2v) is 23.3. The predicted octanol–water partition coefficient (Wildman–Crippen LogP) is 9.44. The lowest BCUT2D eigenvalue weighted by atomic mass is 9.86. The van der Waals surface area contributed by atoms with Gasteiger partial charge in [-0.1, -0.05) is 65.0 Å². The number of aromatic nitrogens is 2. The molecular formula is C60H79N7O14. The molecule has 0 radical (unpaired) electrons. The number of methoxy groups -OCH3 is 1. The molecule has 81 heavy (non-hydrogen) atoms. The lowest BCUT2D eigenvalue weighted by molar-refractivity contribution is -0.385. The Morgan fingerprint density at radius 1 is 0.815 bits per heavy atom. The Bertz CT molecular complexity index is 2970. The maximum atomic E-state index is 15.4. The molecule has 0 saturated heterocycles. The minimum absolute atomic E-state index is 0.0718. The second-order valence-electron chi connectivity index (χ2n) is 23.3. The number of hydrogen-bond acceptors (Lipinski definition) is 16. The topological polar surface area (TPSA) is 274 Å². The van der Waals surface area contributed by atoms with E-state index in [2.05, 4.69) is 36.7 Å². The number of carbonyl (C=O) groups is 7. The van der Waals surface area contributed by atoms with Crippen LogP contribution in [0.2, 0.25) is 0 Å². The van der Waals surface area contributed by atoms with Crippen molar-refractivity contribution in [3.8, 4) is 34.0 Å². The fourth-order valence-electron chi connectivity index (χ4n) is 9.27. The number of nitrogens with one attached hydrogen (secondary N) is 3. The van der Waals surface area contributed by atoms with Crippen LogP contribution >= 0.6 is 0 Å². The van der Waals surface area contributed by atoms with Gasteiger partial charge in [-0.15, -0.1) is 0 Å². The van der Waals surface area contributed by atoms with Crippen LogP contribution in [0.5, 0.6) is 11.5 Å². The number of nitrogens with zero attached hydrogens (tertiary/aromatic N) is 4. The maximum Gasteiger partial charge on any atom is 0.407 e. The van der Waals surface area contributed by atoms with E-state index in [0.717, 1.165) is 18.2 Å². The number of fused-ring (bicyclic) bond motifs is 5. The number of nitro benzene ring substituents is 1. The first kappa shape index (κ1) is 63.9. The average Bonchev–Trinajstić information content (AvgIpc) is 3.36. The molecule has 4 atom stereocenters. The minimum atomic E-state index is -1.49. The van der Waals surface area contributed by atoms with Gasteiger partial charge in [0.05, 0.1) is 42.1 Å². The number of esters is 1. The summed E-state index contributed by atoms with van der Waals surface area (Å²) in [6, 6.07) is 12.4. The Hall–Kier alpha value is -7.97. The van der Waals surface area contributed by atoms with Crippen molar-refractivity contribution in [1.82, 2.24) is 30.8 Å². The SMILES string of the molecule is CCCOc1ccc2cc1-c1cc(cc([N+](=O)[O-])c1OCCNC(=O)OC(C)(C)C)C[C@@H](C(=O)OC)NC(=O)[C@H](C)CC(=O)[C@H]2N(C)C(=O)[C@H](CCNC(=O)OC(C)(C)C)CC(=O)c1c(C)nc(-c2ccc(C(C)(C)C)cc2)nc1C. The normalized spacial score (nSPS) is 16.2. The van der Waals surface area contributed by atoms with Gasteiger partial charge in [0.1, 0.15) is 35.6 Å². The molecule has 0 spiro atoms. The van der Waals surface area contributed by atoms with Crippen molar-refractivity contribution in [3.63, 3.8) is 0 Å². The number of ketones is 2. The number of hydrogen-bond donors (Lipinski definition) is 3. The Labute approximate surface area is 474 Å². The van der Waals surface area contributed by atoms with E-state index in [1.165, 1.54) is 31.0 Å². The van der Waals surface area contributed by atoms with Gasteiger partial charge < -0.3 is 44.5 Å². The molecule has 4 bridgehead atoms. The molecule has 1 aliphatic rings. The van der Waals surface area contributed by atoms with E-state index in [1.807, 2.05) is 31.2 Å². The van der Waals surface area contributed by atoms with Gasteiger partial charge >= 0.3 is 23.8 Å². The zero-order chi connectivity index (χ0) is 60.3. The number of rotatable bonds is 18. The van der Waals surface area contributed by atoms with E-state index in [9.17, 15) is 34.1 Å². The number of alkyl carbamates (subject to hydrolysis) is 2. The van der Waals surface area contributed by atoms with Gasteiger partial charge in [-0.05, 0) is 109 Å². The first-order valence-corrected chi connectivity index (χ1v) is 27.1. The molecule has 5 rings (SSSR count). The van der Waals surface area contributed by atoms with Crippen LogP contribution in [-0.4, -0.2) is 119 Å². The zero-order valence-electron chi connectivity index (χ0n) is 49.4. The van der Waals surface area contributed by atoms with E-state index >= 15 is 9.59 Å². The summed E-state index contributed by atoms with van der Waals surface area (Å²) < 4.78 is 28.3. The molecule has 3 aromatic carbocycles. The third-order valence-corrected chi connectivity index (χ3v) is 13.2. The van der Waals surface area contributed by atoms with Crippen LogP contribution < -0.4 is 25.4 Å². The van der Waals surface area contributed by atoms with Gasteiger partial charge in [-0.25, -0.2) is 24.4 Å². The highest BCUT2D eigenvalue weighted by molar-refractivity contribution is 6.01. The molecule has 0 saturated carbocycles. The Kier molecular flexibility index (Phi) is 21.3. The highest BCUT2D eigenvalue weighted by atomic mass is 16.6. The highest BCUT2D eigenvalue weighted by Crippen LogP contribution is 2.45. The van der Waals surface area contributed by atoms with Gasteiger partial charge in [0, 0.05) is 67.4 Å². The molecule has 0 fully saturated rings. The van der Waals surface area contributed by atoms with E-state index in [-0.39, 0.29) is 83.9 Å². The Morgan fingerprint density at radius 2 is 1.42 bits per heavy atom. The van der Waals surface area contributed by atoms with Crippen molar-refractivity contribution < 1.29 is 62.2 Å². The number of benzene rings is 3. The lowest BCUT2D eigenvalue weighted by Crippen LogP contribution is -2.46. The summed E-state index contributed by atoms with van der Waals surface area (Å²) in [6.45, 7) is 22.8. The zero-order valence-corrected chi connectivity index (χ0v) is 49.4. The maximum absolute atomic E-state index is 15.4. The number of carbonyl (C=O) groups excluding carboxylic acids is 7. The fourth-order valence-corrected chi connectivity index (χ4v) is 9.27. The van der Waals surface area contributed by atoms with Crippen molar-refractivity contribution in [1.29, 1.82) is 0 Å². The third kappa shape index (κ3) is 17.5. The van der Waals surface area contributed by atoms with Crippen LogP contribution in [0.3, 0.4) is 0 Å². The van der Waals surface area contributed by atoms with Gasteiger partial charge in [0.25, 0.3) is 0 Å². The monoisotopic (exact) mass is 1120 g/mol. The molecule has 0 aliphatic carbocycles. The summed E-state index contributed by atoms with van der Waals surface area (Å²) in [5.41, 5.74) is 1.18. The minimum Gasteiger partial charge on any atom is -0.493 e. The van der Waals surface area contributed by atoms with Crippen LogP contribution in [0.15, 0.2) is 54.6 Å². The van der Waals surface area contributed by atoms with E-state index < -0.39 is 100 Å². The molecule has 1 aromatic heterocycles. The molecule has 3 N–H and O–H groups in total. The number of amides is 4. The summed E-state index contributed by atoms with van der Waals surface area (Å²) in [5.74, 6) is -5.31. The number of nitro groups is 1. The van der Waals surface area contributed by atoms with Crippen molar-refractivity contribution >= 4 is 47.2 Å². The molecular weight excluding hydrogens is 1040 g/mol. The molecule has 4 aromatic rings. The van der Waals surface area contributed by atoms with Crippen LogP contribution in [0.25, 0.3) is 22.5 Å². The van der Waals surface area contributed by atoms with Crippen LogP contribution in [-0.2, 0) is 45.2 Å². The van der Waals surface area contributed by atoms with E-state index in [4.69, 9.17) is 33.7 Å². The first-order valence-electron chi connectivity index (χ1n) is 27.1. The molecule has 21 heteroatoms. The van der Waals surface area contributed by atoms with Gasteiger partial charge in [0.15, 0.2) is 17.4 Å². The summed E-state index contributed by atoms with van der Waals surface area (Å²) in [4.78, 5) is 121. The van der Waals surface area contributed by atoms with Crippen LogP contribution in [0.4, 0.5) is 15.3 Å². The van der Waals surface area contributed by atoms with Gasteiger partial charge in [-0.2, -0.15) is 0 Å². The van der Waals surface area contributed by atoms with Gasteiger partial charge in [-0.3, -0.25) is 29.3 Å². The molecule has 0 unspecified atom stereocenters. The second kappa shape index (κ2) is 27.0. The van der Waals surface area contributed by atoms with Crippen LogP contribution in [0.1, 0.15) is 146 Å². The molecule has 21 nitrogen and oxygen atoms in total. The summed E-state index contributed by atoms with van der Waals surface area (Å²) in [5, 5.41) is 21.0. The van der Waals surface area contributed by atoms with Crippen molar-refractivity contribution in [3.05, 3.63) is 98.4 Å². The Balaban J connectivity index is 1.67. The molecule has 1 aliphatic heterocycles. The Morgan fingerprint density at radius 3 is 1.98 bits per heavy atom. The van der Waals surface area contributed by atoms with Crippen molar-refractivity contribution in [2.24, 2.45) is 11.8 Å². The van der Waals surface area contributed by atoms with E-state index in [0.29, 0.717) is 23.6 Å². The summed E-state index contributed by atoms with van der Waals surface area (Å²) >= 11 is 0. The largest absolute Gasteiger partial charge is 0.493 e. The fraction of sp³-hybridized carbons (Fsp3) is 0.517. The average molecular weight is 1120 g/mol. The number of Topliss-reactive ketones (excluding diaryl/α,β-unsaturated/α-hetero) is 2. The van der Waals surface area contributed by atoms with Gasteiger partial charge in [0.2, 0.25) is 17.6 Å². The number of ether oxygens (including phenoxy) is 5. The van der Waals surface area contributed by atoms with E-state index in [1.54, 1.807) is 73.6 Å². The molecule has 438 valence electrons. The van der Waals surface area contributed by atoms with Crippen LogP contribution in [0, 0.1) is 35.8 Å².